The van der Waals surface area contributed by atoms with Crippen LogP contribution in [-0.2, 0) is 0 Å². The highest BCUT2D eigenvalue weighted by molar-refractivity contribution is 5.12. The van der Waals surface area contributed by atoms with Crippen molar-refractivity contribution in [2.24, 2.45) is 40.9 Å². The molecule has 0 radical (unpaired) electrons. The predicted molar refractivity (Wildman–Crippen MR) is 74.1 cm³/mol. The van der Waals surface area contributed by atoms with Crippen molar-refractivity contribution in [3.05, 3.63) is 12.2 Å². The zero-order chi connectivity index (χ0) is 11.7. The lowest BCUT2D eigenvalue weighted by Gasteiger charge is -2.58. The largest absolute Gasteiger partial charge is 0.0851 e. The summed E-state index contributed by atoms with van der Waals surface area (Å²) >= 11 is 0. The molecule has 6 rings (SSSR count). The van der Waals surface area contributed by atoms with Gasteiger partial charge in [0.05, 0.1) is 0 Å². The molecule has 6 bridgehead atoms. The molecule has 5 fully saturated rings. The molecule has 0 saturated heterocycles. The maximum absolute atomic E-state index is 2.57. The normalized spacial score (nSPS) is 59.8. The highest BCUT2D eigenvalue weighted by atomic mass is 14.6. The van der Waals surface area contributed by atoms with Crippen LogP contribution >= 0.6 is 0 Å². The van der Waals surface area contributed by atoms with E-state index in [0.29, 0.717) is 0 Å². The Bertz CT molecular complexity index is 356. The zero-order valence-corrected chi connectivity index (χ0v) is 11.5. The van der Waals surface area contributed by atoms with Gasteiger partial charge in [0.15, 0.2) is 0 Å². The molecule has 0 aromatic rings. The molecule has 0 aromatic heterocycles. The van der Waals surface area contributed by atoms with Crippen molar-refractivity contribution < 1.29 is 0 Å². The summed E-state index contributed by atoms with van der Waals surface area (Å²) in [6, 6.07) is 0. The van der Waals surface area contributed by atoms with Crippen molar-refractivity contribution in [2.75, 3.05) is 0 Å². The van der Waals surface area contributed by atoms with E-state index in [4.69, 9.17) is 0 Å². The van der Waals surface area contributed by atoms with Gasteiger partial charge in [0, 0.05) is 0 Å². The molecule has 0 aliphatic heterocycles. The lowest BCUT2D eigenvalue weighted by molar-refractivity contribution is -0.0669. The van der Waals surface area contributed by atoms with Gasteiger partial charge in [-0.1, -0.05) is 12.2 Å². The van der Waals surface area contributed by atoms with Gasteiger partial charge in [0.2, 0.25) is 0 Å². The Morgan fingerprint density at radius 2 is 1.44 bits per heavy atom. The third-order valence-electron chi connectivity index (χ3n) is 7.28. The summed E-state index contributed by atoms with van der Waals surface area (Å²) in [6.45, 7) is 0. The minimum absolute atomic E-state index is 0.831. The van der Waals surface area contributed by atoms with Crippen molar-refractivity contribution in [3.8, 4) is 0 Å². The Morgan fingerprint density at radius 1 is 0.778 bits per heavy atom. The van der Waals surface area contributed by atoms with Gasteiger partial charge in [-0.25, -0.2) is 0 Å². The number of hydrogen-bond donors (Lipinski definition) is 0. The molecule has 6 aliphatic carbocycles. The minimum Gasteiger partial charge on any atom is -0.0851 e. The van der Waals surface area contributed by atoms with Crippen LogP contribution in [0.4, 0.5) is 0 Å². The smallest absolute Gasteiger partial charge is 0.0199 e. The first-order valence-corrected chi connectivity index (χ1v) is 8.46. The van der Waals surface area contributed by atoms with E-state index in [2.05, 4.69) is 12.2 Å². The first-order valence-electron chi connectivity index (χ1n) is 8.46. The molecule has 0 nitrogen and oxygen atoms in total. The van der Waals surface area contributed by atoms with Gasteiger partial charge in [0.25, 0.3) is 0 Å². The molecule has 0 heteroatoms. The molecular weight excluding hydrogens is 216 g/mol. The summed E-state index contributed by atoms with van der Waals surface area (Å²) in [7, 11) is 0. The van der Waals surface area contributed by atoms with Crippen LogP contribution in [0.15, 0.2) is 12.2 Å². The van der Waals surface area contributed by atoms with E-state index in [0.717, 1.165) is 40.9 Å². The molecule has 3 atom stereocenters. The van der Waals surface area contributed by atoms with Crippen LogP contribution in [0.1, 0.15) is 57.8 Å². The van der Waals surface area contributed by atoms with Crippen molar-refractivity contribution in [1.82, 2.24) is 0 Å². The highest BCUT2D eigenvalue weighted by Gasteiger charge is 2.52. The standard InChI is InChI=1S/C18H26/c1-2-16-6-12(1)7-17(16)11-18-8-13-3-14(9-18)5-15(4-13)10-18/h1-2,12-17H,3-11H2. The fourth-order valence-electron chi connectivity index (χ4n) is 7.23. The maximum atomic E-state index is 2.57. The second kappa shape index (κ2) is 3.44. The Balaban J connectivity index is 1.38. The van der Waals surface area contributed by atoms with Crippen LogP contribution in [0.5, 0.6) is 0 Å². The van der Waals surface area contributed by atoms with Gasteiger partial charge < -0.3 is 0 Å². The summed E-state index contributed by atoms with van der Waals surface area (Å²) in [5, 5.41) is 0. The number of rotatable bonds is 2. The Labute approximate surface area is 111 Å². The summed E-state index contributed by atoms with van der Waals surface area (Å²) in [6.07, 6.45) is 19.4. The first kappa shape index (κ1) is 10.5. The SMILES string of the molecule is C1=CC2CC1CC2CC12CC3CC(CC(C3)C1)C2. The number of allylic oxidation sites excluding steroid dienone is 2. The average molecular weight is 242 g/mol. The molecule has 0 spiro atoms. The molecule has 98 valence electrons. The molecular formula is C18H26. The topological polar surface area (TPSA) is 0 Å². The fourth-order valence-corrected chi connectivity index (χ4v) is 7.23. The summed E-state index contributed by atoms with van der Waals surface area (Å²) in [4.78, 5) is 0. The van der Waals surface area contributed by atoms with Gasteiger partial charge in [0.1, 0.15) is 0 Å². The second-order valence-corrected chi connectivity index (χ2v) is 8.66. The van der Waals surface area contributed by atoms with E-state index < -0.39 is 0 Å². The lowest BCUT2D eigenvalue weighted by Crippen LogP contribution is -2.47. The maximum Gasteiger partial charge on any atom is -0.0199 e. The van der Waals surface area contributed by atoms with E-state index in [-0.39, 0.29) is 0 Å². The molecule has 0 aromatic carbocycles. The minimum atomic E-state index is 0.831. The van der Waals surface area contributed by atoms with E-state index >= 15 is 0 Å². The van der Waals surface area contributed by atoms with Crippen LogP contribution in [0.3, 0.4) is 0 Å². The Morgan fingerprint density at radius 3 is 1.94 bits per heavy atom. The lowest BCUT2D eigenvalue weighted by atomic mass is 9.48. The molecule has 0 N–H and O–H groups in total. The Kier molecular flexibility index (Phi) is 2.01. The molecule has 6 aliphatic rings. The Hall–Kier alpha value is -0.260. The number of hydrogen-bond acceptors (Lipinski definition) is 0. The van der Waals surface area contributed by atoms with Gasteiger partial charge in [-0.15, -0.1) is 0 Å². The van der Waals surface area contributed by atoms with Crippen molar-refractivity contribution in [3.63, 3.8) is 0 Å². The van der Waals surface area contributed by atoms with Gasteiger partial charge >= 0.3 is 0 Å². The van der Waals surface area contributed by atoms with E-state index in [9.17, 15) is 0 Å². The monoisotopic (exact) mass is 242 g/mol. The van der Waals surface area contributed by atoms with Gasteiger partial charge in [-0.05, 0) is 98.7 Å². The molecule has 0 amide bonds. The van der Waals surface area contributed by atoms with Gasteiger partial charge in [-0.3, -0.25) is 0 Å². The van der Waals surface area contributed by atoms with Gasteiger partial charge in [-0.2, -0.15) is 0 Å². The van der Waals surface area contributed by atoms with Crippen molar-refractivity contribution >= 4 is 0 Å². The van der Waals surface area contributed by atoms with Crippen molar-refractivity contribution in [2.45, 2.75) is 57.8 Å². The molecule has 18 heavy (non-hydrogen) atoms. The van der Waals surface area contributed by atoms with Crippen molar-refractivity contribution in [1.29, 1.82) is 0 Å². The summed E-state index contributed by atoms with van der Waals surface area (Å²) < 4.78 is 0. The number of fused-ring (bicyclic) bond motifs is 2. The van der Waals surface area contributed by atoms with E-state index in [1.54, 1.807) is 51.4 Å². The summed E-state index contributed by atoms with van der Waals surface area (Å²) in [5.74, 6) is 6.48. The molecule has 0 heterocycles. The van der Waals surface area contributed by atoms with Crippen LogP contribution in [0, 0.1) is 40.9 Å². The second-order valence-electron chi connectivity index (χ2n) is 8.66. The summed E-state index contributed by atoms with van der Waals surface area (Å²) in [5.41, 5.74) is 0.831. The van der Waals surface area contributed by atoms with Crippen LogP contribution in [-0.4, -0.2) is 0 Å². The first-order chi connectivity index (χ1) is 8.78. The predicted octanol–water partition coefficient (Wildman–Crippen LogP) is 4.81. The average Bonchev–Trinajstić information content (AvgIpc) is 2.87. The molecule has 5 saturated carbocycles. The zero-order valence-electron chi connectivity index (χ0n) is 11.5. The fraction of sp³-hybridized carbons (Fsp3) is 0.889. The van der Waals surface area contributed by atoms with E-state index in [1.807, 2.05) is 0 Å². The quantitative estimate of drug-likeness (QED) is 0.610. The van der Waals surface area contributed by atoms with Crippen LogP contribution < -0.4 is 0 Å². The highest BCUT2D eigenvalue weighted by Crippen LogP contribution is 2.63. The third kappa shape index (κ3) is 1.44. The molecule has 3 unspecified atom stereocenters. The third-order valence-corrected chi connectivity index (χ3v) is 7.28. The van der Waals surface area contributed by atoms with Crippen LogP contribution in [0.2, 0.25) is 0 Å². The van der Waals surface area contributed by atoms with E-state index in [1.165, 1.54) is 6.42 Å². The van der Waals surface area contributed by atoms with Crippen LogP contribution in [0.25, 0.3) is 0 Å².